The van der Waals surface area contributed by atoms with E-state index in [2.05, 4.69) is 18.4 Å². The van der Waals surface area contributed by atoms with Crippen molar-refractivity contribution in [1.82, 2.24) is 4.90 Å². The van der Waals surface area contributed by atoms with Gasteiger partial charge in [0.2, 0.25) is 0 Å². The maximum Gasteiger partial charge on any atom is 0.320 e. The van der Waals surface area contributed by atoms with Gasteiger partial charge in [-0.3, -0.25) is 9.59 Å². The predicted molar refractivity (Wildman–Crippen MR) is 81.9 cm³/mol. The van der Waals surface area contributed by atoms with Crippen LogP contribution >= 0.6 is 0 Å². The highest BCUT2D eigenvalue weighted by molar-refractivity contribution is 6.08. The van der Waals surface area contributed by atoms with Gasteiger partial charge in [-0.1, -0.05) is 19.4 Å². The molecule has 2 bridgehead atoms. The highest BCUT2D eigenvalue weighted by Gasteiger charge is 2.61. The number of hydrogen-bond donors (Lipinski definition) is 0. The van der Waals surface area contributed by atoms with Crippen LogP contribution in [-0.2, 0) is 14.3 Å². The van der Waals surface area contributed by atoms with Crippen LogP contribution in [0.1, 0.15) is 46.0 Å². The topological polar surface area (TPSA) is 46.6 Å². The number of Topliss-reactive ketones (excluding diaryl/α,β-unsaturated/α-hetero) is 1. The van der Waals surface area contributed by atoms with Crippen molar-refractivity contribution in [1.29, 1.82) is 0 Å². The highest BCUT2D eigenvalue weighted by atomic mass is 16.5. The first-order chi connectivity index (χ1) is 10.0. The molecule has 4 nitrogen and oxygen atoms in total. The summed E-state index contributed by atoms with van der Waals surface area (Å²) in [6.45, 7) is 10.2. The van der Waals surface area contributed by atoms with E-state index < -0.39 is 5.41 Å². The Hall–Kier alpha value is -1.16. The maximum atomic E-state index is 13.2. The third-order valence-electron chi connectivity index (χ3n) is 5.14. The Labute approximate surface area is 127 Å². The van der Waals surface area contributed by atoms with E-state index in [0.717, 1.165) is 38.8 Å². The number of piperidine rings is 1. The van der Waals surface area contributed by atoms with E-state index in [0.29, 0.717) is 19.6 Å². The molecule has 0 aromatic carbocycles. The predicted octanol–water partition coefficient (Wildman–Crippen LogP) is 2.58. The van der Waals surface area contributed by atoms with Crippen LogP contribution in [0, 0.1) is 10.8 Å². The first-order valence-corrected chi connectivity index (χ1v) is 8.10. The number of carbonyl (C=O) groups is 2. The van der Waals surface area contributed by atoms with Crippen molar-refractivity contribution in [3.05, 3.63) is 12.7 Å². The summed E-state index contributed by atoms with van der Waals surface area (Å²) in [5, 5.41) is 0. The fraction of sp³-hybridized carbons (Fsp3) is 0.765. The van der Waals surface area contributed by atoms with Gasteiger partial charge in [0.1, 0.15) is 5.41 Å². The minimum atomic E-state index is -0.927. The lowest BCUT2D eigenvalue weighted by molar-refractivity contribution is -0.176. The summed E-state index contributed by atoms with van der Waals surface area (Å²) < 4.78 is 5.26. The van der Waals surface area contributed by atoms with Gasteiger partial charge in [0.15, 0.2) is 5.78 Å². The third kappa shape index (κ3) is 2.66. The SMILES string of the molecule is C=CCC[C@@]12CCC[C@@](C(=O)OCC)(CN(CC)C1)C2=O. The van der Waals surface area contributed by atoms with Crippen LogP contribution in [0.3, 0.4) is 0 Å². The van der Waals surface area contributed by atoms with Crippen LogP contribution in [-0.4, -0.2) is 42.9 Å². The number of hydrogen-bond acceptors (Lipinski definition) is 4. The van der Waals surface area contributed by atoms with Crippen LogP contribution in [0.25, 0.3) is 0 Å². The third-order valence-corrected chi connectivity index (χ3v) is 5.14. The summed E-state index contributed by atoms with van der Waals surface area (Å²) in [7, 11) is 0. The summed E-state index contributed by atoms with van der Waals surface area (Å²) in [6, 6.07) is 0. The summed E-state index contributed by atoms with van der Waals surface area (Å²) >= 11 is 0. The van der Waals surface area contributed by atoms with Crippen LogP contribution < -0.4 is 0 Å². The monoisotopic (exact) mass is 293 g/mol. The Morgan fingerprint density at radius 1 is 1.38 bits per heavy atom. The van der Waals surface area contributed by atoms with Crippen molar-refractivity contribution in [3.63, 3.8) is 0 Å². The van der Waals surface area contributed by atoms with E-state index >= 15 is 0 Å². The number of ether oxygens (including phenoxy) is 1. The van der Waals surface area contributed by atoms with Gasteiger partial charge in [-0.05, 0) is 39.2 Å². The molecule has 2 fully saturated rings. The van der Waals surface area contributed by atoms with Crippen molar-refractivity contribution in [3.8, 4) is 0 Å². The number of ketones is 1. The number of nitrogens with zero attached hydrogens (tertiary/aromatic N) is 1. The zero-order valence-corrected chi connectivity index (χ0v) is 13.3. The molecule has 0 N–H and O–H groups in total. The van der Waals surface area contributed by atoms with Crippen LogP contribution in [0.4, 0.5) is 0 Å². The molecule has 118 valence electrons. The van der Waals surface area contributed by atoms with Gasteiger partial charge in [0.05, 0.1) is 6.61 Å². The van der Waals surface area contributed by atoms with Crippen LogP contribution in [0.2, 0.25) is 0 Å². The fourth-order valence-electron chi connectivity index (χ4n) is 4.08. The van der Waals surface area contributed by atoms with Crippen molar-refractivity contribution in [2.24, 2.45) is 10.8 Å². The molecule has 2 aliphatic rings. The molecule has 0 spiro atoms. The molecular weight excluding hydrogens is 266 g/mol. The molecule has 0 aromatic rings. The molecule has 1 heterocycles. The molecule has 2 rings (SSSR count). The molecule has 1 aliphatic carbocycles. The largest absolute Gasteiger partial charge is 0.465 e. The smallest absolute Gasteiger partial charge is 0.320 e. The van der Waals surface area contributed by atoms with Crippen LogP contribution in [0.5, 0.6) is 0 Å². The number of likely N-dealkylation sites (tertiary alicyclic amines) is 1. The minimum Gasteiger partial charge on any atom is -0.465 e. The average molecular weight is 293 g/mol. The number of fused-ring (bicyclic) bond motifs is 2. The summed E-state index contributed by atoms with van der Waals surface area (Å²) in [5.74, 6) is -0.179. The van der Waals surface area contributed by atoms with Gasteiger partial charge in [0.25, 0.3) is 0 Å². The van der Waals surface area contributed by atoms with E-state index in [1.165, 1.54) is 0 Å². The average Bonchev–Trinajstić information content (AvgIpc) is 2.46. The van der Waals surface area contributed by atoms with Crippen molar-refractivity contribution in [2.75, 3.05) is 26.2 Å². The van der Waals surface area contributed by atoms with E-state index in [4.69, 9.17) is 4.74 Å². The van der Waals surface area contributed by atoms with E-state index in [1.807, 2.05) is 6.08 Å². The normalized spacial score (nSPS) is 32.8. The van der Waals surface area contributed by atoms with Crippen molar-refractivity contribution in [2.45, 2.75) is 46.0 Å². The van der Waals surface area contributed by atoms with Crippen LogP contribution in [0.15, 0.2) is 12.7 Å². The van der Waals surface area contributed by atoms with Gasteiger partial charge in [-0.2, -0.15) is 0 Å². The molecule has 4 heteroatoms. The van der Waals surface area contributed by atoms with Gasteiger partial charge in [0, 0.05) is 18.5 Å². The Morgan fingerprint density at radius 3 is 2.76 bits per heavy atom. The molecular formula is C17H27NO3. The molecule has 0 unspecified atom stereocenters. The quantitative estimate of drug-likeness (QED) is 0.429. The molecule has 0 aromatic heterocycles. The number of allylic oxidation sites excluding steroid dienone is 1. The lowest BCUT2D eigenvalue weighted by Crippen LogP contribution is -2.65. The second-order valence-electron chi connectivity index (χ2n) is 6.40. The maximum absolute atomic E-state index is 13.2. The van der Waals surface area contributed by atoms with Crippen molar-refractivity contribution >= 4 is 11.8 Å². The number of esters is 1. The number of carbonyl (C=O) groups excluding carboxylic acids is 2. The van der Waals surface area contributed by atoms with Gasteiger partial charge in [-0.25, -0.2) is 0 Å². The Kier molecular flexibility index (Phi) is 4.87. The fourth-order valence-corrected chi connectivity index (χ4v) is 4.08. The first kappa shape index (κ1) is 16.2. The summed E-state index contributed by atoms with van der Waals surface area (Å²) in [4.78, 5) is 28.0. The highest BCUT2D eigenvalue weighted by Crippen LogP contribution is 2.50. The molecule has 1 saturated heterocycles. The standard InChI is InChI=1S/C17H27NO3/c1-4-7-9-16-10-8-11-17(14(16)19,15(20)21-6-3)13-18(5-2)12-16/h4H,1,5-13H2,2-3H3/t16-,17-/m1/s1. The molecule has 0 radical (unpaired) electrons. The van der Waals surface area contributed by atoms with Gasteiger partial charge >= 0.3 is 5.97 Å². The van der Waals surface area contributed by atoms with Crippen molar-refractivity contribution < 1.29 is 14.3 Å². The second-order valence-corrected chi connectivity index (χ2v) is 6.40. The van der Waals surface area contributed by atoms with E-state index in [-0.39, 0.29) is 17.2 Å². The second kappa shape index (κ2) is 6.30. The summed E-state index contributed by atoms with van der Waals surface area (Å²) in [5.41, 5.74) is -1.31. The lowest BCUT2D eigenvalue weighted by Gasteiger charge is -2.53. The minimum absolute atomic E-state index is 0.131. The van der Waals surface area contributed by atoms with E-state index in [9.17, 15) is 9.59 Å². The number of rotatable bonds is 6. The Morgan fingerprint density at radius 2 is 2.14 bits per heavy atom. The molecule has 21 heavy (non-hydrogen) atoms. The Balaban J connectivity index is 2.37. The Bertz CT molecular complexity index is 434. The summed E-state index contributed by atoms with van der Waals surface area (Å²) in [6.07, 6.45) is 5.94. The molecule has 2 atom stereocenters. The van der Waals surface area contributed by atoms with Gasteiger partial charge < -0.3 is 9.64 Å². The molecule has 0 amide bonds. The molecule has 1 saturated carbocycles. The first-order valence-electron chi connectivity index (χ1n) is 8.10. The molecule has 1 aliphatic heterocycles. The van der Waals surface area contributed by atoms with E-state index in [1.54, 1.807) is 6.92 Å². The zero-order valence-electron chi connectivity index (χ0n) is 13.3. The van der Waals surface area contributed by atoms with Gasteiger partial charge in [-0.15, -0.1) is 6.58 Å². The zero-order chi connectivity index (χ0) is 15.5. The lowest BCUT2D eigenvalue weighted by atomic mass is 9.56.